The first-order chi connectivity index (χ1) is 13.0. The third-order valence-electron chi connectivity index (χ3n) is 5.21. The largest absolute Gasteiger partial charge is 0.393 e. The number of carbonyl (C=O) groups excluding carboxylic acids is 1. The fourth-order valence-corrected chi connectivity index (χ4v) is 3.88. The van der Waals surface area contributed by atoms with Crippen molar-refractivity contribution in [3.8, 4) is 0 Å². The molecule has 0 heterocycles. The standard InChI is InChI=1S/C25H36O3/c1-19(10-7-8-11-21(3)18-26)12-9-13-20(2)14-15-23-24(4,5)16-22(27)17-25(23,6)28/h7-15,18,22-23,27-28H,16-17H2,1-6H3. The van der Waals surface area contributed by atoms with Gasteiger partial charge in [0.1, 0.15) is 6.29 Å². The maximum absolute atomic E-state index is 10.8. The Balaban J connectivity index is 2.75. The summed E-state index contributed by atoms with van der Waals surface area (Å²) in [5.41, 5.74) is 1.83. The normalized spacial score (nSPS) is 29.9. The molecule has 1 aliphatic rings. The van der Waals surface area contributed by atoms with E-state index >= 15 is 0 Å². The monoisotopic (exact) mass is 384 g/mol. The van der Waals surface area contributed by atoms with Crippen molar-refractivity contribution >= 4 is 6.29 Å². The van der Waals surface area contributed by atoms with Gasteiger partial charge in [0.25, 0.3) is 0 Å². The molecule has 3 heteroatoms. The maximum atomic E-state index is 10.8. The lowest BCUT2D eigenvalue weighted by Crippen LogP contribution is -2.50. The number of carbonyl (C=O) groups is 1. The van der Waals surface area contributed by atoms with E-state index in [0.29, 0.717) is 18.4 Å². The van der Waals surface area contributed by atoms with Crippen molar-refractivity contribution in [2.24, 2.45) is 11.3 Å². The predicted octanol–water partition coefficient (Wildman–Crippen LogP) is 5.24. The molecule has 0 aromatic rings. The first-order valence-corrected chi connectivity index (χ1v) is 9.88. The van der Waals surface area contributed by atoms with Gasteiger partial charge in [0.15, 0.2) is 0 Å². The van der Waals surface area contributed by atoms with Gasteiger partial charge in [-0.2, -0.15) is 0 Å². The summed E-state index contributed by atoms with van der Waals surface area (Å²) in [6.45, 7) is 11.8. The van der Waals surface area contributed by atoms with Crippen molar-refractivity contribution in [3.63, 3.8) is 0 Å². The van der Waals surface area contributed by atoms with E-state index in [9.17, 15) is 15.0 Å². The second-order valence-corrected chi connectivity index (χ2v) is 8.84. The number of rotatable bonds is 7. The molecule has 1 aliphatic carbocycles. The van der Waals surface area contributed by atoms with Gasteiger partial charge in [0.2, 0.25) is 0 Å². The second kappa shape index (κ2) is 10.5. The molecule has 154 valence electrons. The van der Waals surface area contributed by atoms with E-state index in [4.69, 9.17) is 0 Å². The zero-order chi connectivity index (χ0) is 21.4. The smallest absolute Gasteiger partial charge is 0.145 e. The van der Waals surface area contributed by atoms with Crippen LogP contribution >= 0.6 is 0 Å². The zero-order valence-electron chi connectivity index (χ0n) is 18.1. The Morgan fingerprint density at radius 3 is 1.96 bits per heavy atom. The van der Waals surface area contributed by atoms with Crippen LogP contribution in [0.3, 0.4) is 0 Å². The van der Waals surface area contributed by atoms with Gasteiger partial charge in [-0.05, 0) is 45.1 Å². The SMILES string of the molecule is CC(C=O)=CC=CC=C(C)C=CC=C(C)C=CC1C(C)(C)CC(O)CC1(C)O. The van der Waals surface area contributed by atoms with Crippen LogP contribution in [0.25, 0.3) is 0 Å². The molecule has 0 saturated heterocycles. The second-order valence-electron chi connectivity index (χ2n) is 8.84. The molecule has 3 atom stereocenters. The number of aliphatic hydroxyl groups is 2. The van der Waals surface area contributed by atoms with Crippen molar-refractivity contribution in [3.05, 3.63) is 71.4 Å². The van der Waals surface area contributed by atoms with E-state index in [2.05, 4.69) is 26.0 Å². The van der Waals surface area contributed by atoms with E-state index < -0.39 is 11.7 Å². The van der Waals surface area contributed by atoms with Gasteiger partial charge >= 0.3 is 0 Å². The zero-order valence-corrected chi connectivity index (χ0v) is 18.1. The number of hydrogen-bond acceptors (Lipinski definition) is 3. The summed E-state index contributed by atoms with van der Waals surface area (Å²) in [6, 6.07) is 0. The minimum Gasteiger partial charge on any atom is -0.393 e. The van der Waals surface area contributed by atoms with Crippen LogP contribution in [0.1, 0.15) is 54.4 Å². The third-order valence-corrected chi connectivity index (χ3v) is 5.21. The molecule has 1 rings (SSSR count). The molecular formula is C25H36O3. The van der Waals surface area contributed by atoms with E-state index in [-0.39, 0.29) is 11.3 Å². The summed E-state index contributed by atoms with van der Waals surface area (Å²) >= 11 is 0. The first kappa shape index (κ1) is 24.1. The first-order valence-electron chi connectivity index (χ1n) is 9.88. The highest BCUT2D eigenvalue weighted by Crippen LogP contribution is 2.47. The van der Waals surface area contributed by atoms with Crippen molar-refractivity contribution in [1.29, 1.82) is 0 Å². The van der Waals surface area contributed by atoms with Crippen LogP contribution in [-0.4, -0.2) is 28.2 Å². The Morgan fingerprint density at radius 1 is 0.857 bits per heavy atom. The Labute approximate surface area is 170 Å². The van der Waals surface area contributed by atoms with Gasteiger partial charge in [-0.25, -0.2) is 0 Å². The lowest BCUT2D eigenvalue weighted by molar-refractivity contribution is -0.111. The van der Waals surface area contributed by atoms with Crippen LogP contribution in [0, 0.1) is 11.3 Å². The Morgan fingerprint density at radius 2 is 1.39 bits per heavy atom. The molecule has 1 saturated carbocycles. The summed E-state index contributed by atoms with van der Waals surface area (Å²) in [7, 11) is 0. The minimum atomic E-state index is -0.907. The van der Waals surface area contributed by atoms with Crippen molar-refractivity contribution in [1.82, 2.24) is 0 Å². The molecule has 0 aromatic carbocycles. The predicted molar refractivity (Wildman–Crippen MR) is 118 cm³/mol. The van der Waals surface area contributed by atoms with Gasteiger partial charge < -0.3 is 10.2 Å². The minimum absolute atomic E-state index is 0.00891. The molecule has 0 spiro atoms. The molecule has 3 unspecified atom stereocenters. The van der Waals surface area contributed by atoms with E-state index in [1.807, 2.05) is 57.2 Å². The number of allylic oxidation sites excluding steroid dienone is 11. The Kier molecular flexibility index (Phi) is 9.06. The molecule has 0 radical (unpaired) electrons. The van der Waals surface area contributed by atoms with E-state index in [1.165, 1.54) is 0 Å². The Hall–Kier alpha value is -1.97. The van der Waals surface area contributed by atoms with E-state index in [1.54, 1.807) is 13.0 Å². The summed E-state index contributed by atoms with van der Waals surface area (Å²) in [6.07, 6.45) is 19.2. The molecule has 28 heavy (non-hydrogen) atoms. The molecule has 0 amide bonds. The summed E-state index contributed by atoms with van der Waals surface area (Å²) in [4.78, 5) is 10.5. The van der Waals surface area contributed by atoms with Crippen LogP contribution in [0.2, 0.25) is 0 Å². The van der Waals surface area contributed by atoms with Gasteiger partial charge in [-0.15, -0.1) is 0 Å². The molecule has 1 fully saturated rings. The van der Waals surface area contributed by atoms with Crippen LogP contribution < -0.4 is 0 Å². The van der Waals surface area contributed by atoms with Crippen LogP contribution in [0.15, 0.2) is 71.4 Å². The summed E-state index contributed by atoms with van der Waals surface area (Å²) < 4.78 is 0. The van der Waals surface area contributed by atoms with Gasteiger partial charge in [-0.1, -0.05) is 79.7 Å². The highest BCUT2D eigenvalue weighted by atomic mass is 16.3. The highest BCUT2D eigenvalue weighted by molar-refractivity contribution is 5.72. The van der Waals surface area contributed by atoms with Crippen LogP contribution in [0.4, 0.5) is 0 Å². The molecule has 0 aliphatic heterocycles. The summed E-state index contributed by atoms with van der Waals surface area (Å²) in [5, 5.41) is 20.8. The third kappa shape index (κ3) is 7.95. The van der Waals surface area contributed by atoms with Crippen LogP contribution in [0.5, 0.6) is 0 Å². The number of aliphatic hydroxyl groups excluding tert-OH is 1. The fraction of sp³-hybridized carbons (Fsp3) is 0.480. The fourth-order valence-electron chi connectivity index (χ4n) is 3.88. The lowest BCUT2D eigenvalue weighted by atomic mass is 9.61. The number of hydrogen-bond donors (Lipinski definition) is 2. The highest BCUT2D eigenvalue weighted by Gasteiger charge is 2.47. The molecular weight excluding hydrogens is 348 g/mol. The number of aldehydes is 1. The molecule has 2 N–H and O–H groups in total. The Bertz CT molecular complexity index is 694. The van der Waals surface area contributed by atoms with Crippen molar-refractivity contribution < 1.29 is 15.0 Å². The average Bonchev–Trinajstić information content (AvgIpc) is 2.55. The van der Waals surface area contributed by atoms with Gasteiger partial charge in [0, 0.05) is 12.3 Å². The van der Waals surface area contributed by atoms with E-state index in [0.717, 1.165) is 17.4 Å². The van der Waals surface area contributed by atoms with Crippen LogP contribution in [-0.2, 0) is 4.79 Å². The quantitative estimate of drug-likeness (QED) is 0.358. The maximum Gasteiger partial charge on any atom is 0.145 e. The molecule has 3 nitrogen and oxygen atoms in total. The van der Waals surface area contributed by atoms with Gasteiger partial charge in [0.05, 0.1) is 11.7 Å². The van der Waals surface area contributed by atoms with Crippen molar-refractivity contribution in [2.45, 2.75) is 66.1 Å². The topological polar surface area (TPSA) is 57.5 Å². The summed E-state index contributed by atoms with van der Waals surface area (Å²) in [5.74, 6) is -0.00891. The van der Waals surface area contributed by atoms with Gasteiger partial charge in [-0.3, -0.25) is 4.79 Å². The average molecular weight is 385 g/mol. The molecule has 0 aromatic heterocycles. The lowest BCUT2D eigenvalue weighted by Gasteiger charge is -2.48. The van der Waals surface area contributed by atoms with Crippen molar-refractivity contribution in [2.75, 3.05) is 0 Å². The molecule has 0 bridgehead atoms.